The maximum Gasteiger partial charge on any atom is 0.255 e. The van der Waals surface area contributed by atoms with Crippen LogP contribution in [0.15, 0.2) is 36.8 Å². The molecule has 2 bridgehead atoms. The zero-order valence-electron chi connectivity index (χ0n) is 16.0. The molecule has 7 nitrogen and oxygen atoms in total. The number of anilines is 1. The molecular weight excluding hydrogens is 366 g/mol. The summed E-state index contributed by atoms with van der Waals surface area (Å²) < 4.78 is 0. The molecule has 2 amide bonds. The van der Waals surface area contributed by atoms with Crippen molar-refractivity contribution >= 4 is 23.6 Å². The topological polar surface area (TPSA) is 101 Å². The Bertz CT molecular complexity index is 990. The van der Waals surface area contributed by atoms with Gasteiger partial charge in [0.2, 0.25) is 0 Å². The van der Waals surface area contributed by atoms with Gasteiger partial charge in [-0.15, -0.1) is 0 Å². The van der Waals surface area contributed by atoms with Gasteiger partial charge in [-0.3, -0.25) is 19.6 Å². The summed E-state index contributed by atoms with van der Waals surface area (Å²) >= 11 is 0. The van der Waals surface area contributed by atoms with E-state index in [1.165, 1.54) is 0 Å². The Kier molecular flexibility index (Phi) is 4.30. The Morgan fingerprint density at radius 2 is 1.97 bits per heavy atom. The second-order valence-corrected chi connectivity index (χ2v) is 8.03. The molecule has 0 aromatic carbocycles. The lowest BCUT2D eigenvalue weighted by Crippen LogP contribution is -2.49. The third-order valence-electron chi connectivity index (χ3n) is 6.28. The number of amides is 2. The fourth-order valence-corrected chi connectivity index (χ4v) is 5.01. The number of nitrogens with zero attached hydrogens (tertiary/aromatic N) is 3. The summed E-state index contributed by atoms with van der Waals surface area (Å²) in [5.74, 6) is -0.412. The molecule has 1 unspecified atom stereocenters. The lowest BCUT2D eigenvalue weighted by atomic mass is 9.95. The third kappa shape index (κ3) is 3.06. The van der Waals surface area contributed by atoms with Crippen LogP contribution in [0.25, 0.3) is 6.08 Å². The highest BCUT2D eigenvalue weighted by Crippen LogP contribution is 2.39. The lowest BCUT2D eigenvalue weighted by Gasteiger charge is -2.40. The van der Waals surface area contributed by atoms with E-state index in [1.54, 1.807) is 24.7 Å². The molecule has 3 atom stereocenters. The minimum absolute atomic E-state index is 0.0645. The number of nitrogens with one attached hydrogen (secondary N) is 1. The van der Waals surface area contributed by atoms with Crippen LogP contribution >= 0.6 is 0 Å². The minimum Gasteiger partial charge on any atom is -0.381 e. The first-order valence-corrected chi connectivity index (χ1v) is 10.1. The van der Waals surface area contributed by atoms with Crippen molar-refractivity contribution in [2.75, 3.05) is 5.32 Å². The molecule has 2 saturated heterocycles. The minimum atomic E-state index is -0.477. The SMILES string of the molecule is NC(=O)c1cnc2c(c1NC1C[C@H]3CC[C@@H](C1)N3C(=O)c1cccnc1)C=CC2. The van der Waals surface area contributed by atoms with Crippen LogP contribution in [0.1, 0.15) is 57.7 Å². The van der Waals surface area contributed by atoms with E-state index in [1.807, 2.05) is 23.1 Å². The van der Waals surface area contributed by atoms with E-state index in [0.717, 1.165) is 49.0 Å². The second kappa shape index (κ2) is 6.99. The number of pyridine rings is 2. The average Bonchev–Trinajstić information content (AvgIpc) is 3.31. The van der Waals surface area contributed by atoms with Crippen molar-refractivity contribution in [1.29, 1.82) is 0 Å². The lowest BCUT2D eigenvalue weighted by molar-refractivity contribution is 0.0582. The zero-order chi connectivity index (χ0) is 20.0. The van der Waals surface area contributed by atoms with E-state index in [0.29, 0.717) is 11.1 Å². The normalized spacial score (nSPS) is 24.4. The smallest absolute Gasteiger partial charge is 0.255 e. The molecule has 3 N–H and O–H groups in total. The zero-order valence-corrected chi connectivity index (χ0v) is 16.0. The Morgan fingerprint density at radius 1 is 1.17 bits per heavy atom. The Hall–Kier alpha value is -3.22. The van der Waals surface area contributed by atoms with Crippen LogP contribution in [-0.2, 0) is 6.42 Å². The number of aromatic nitrogens is 2. The fourth-order valence-electron chi connectivity index (χ4n) is 5.01. The van der Waals surface area contributed by atoms with Crippen molar-refractivity contribution in [3.63, 3.8) is 0 Å². The summed E-state index contributed by atoms with van der Waals surface area (Å²) in [4.78, 5) is 35.5. The molecule has 0 spiro atoms. The number of hydrogen-bond donors (Lipinski definition) is 2. The molecule has 2 fully saturated rings. The number of allylic oxidation sites excluding steroid dienone is 1. The fraction of sp³-hybridized carbons (Fsp3) is 0.364. The summed E-state index contributed by atoms with van der Waals surface area (Å²) in [5.41, 5.74) is 9.38. The summed E-state index contributed by atoms with van der Waals surface area (Å²) in [6.45, 7) is 0. The van der Waals surface area contributed by atoms with Gasteiger partial charge < -0.3 is 16.0 Å². The molecule has 0 saturated carbocycles. The number of rotatable bonds is 4. The Balaban J connectivity index is 1.38. The van der Waals surface area contributed by atoms with E-state index < -0.39 is 5.91 Å². The molecule has 148 valence electrons. The number of carbonyl (C=O) groups excluding carboxylic acids is 2. The van der Waals surface area contributed by atoms with Crippen molar-refractivity contribution in [2.24, 2.45) is 5.73 Å². The van der Waals surface area contributed by atoms with Gasteiger partial charge in [-0.1, -0.05) is 12.2 Å². The summed E-state index contributed by atoms with van der Waals surface area (Å²) in [5, 5.41) is 3.59. The molecule has 2 aromatic heterocycles. The highest BCUT2D eigenvalue weighted by molar-refractivity contribution is 6.00. The van der Waals surface area contributed by atoms with Gasteiger partial charge in [0.1, 0.15) is 0 Å². The number of primary amides is 1. The van der Waals surface area contributed by atoms with E-state index in [-0.39, 0.29) is 24.0 Å². The van der Waals surface area contributed by atoms with Crippen LogP contribution in [0.5, 0.6) is 0 Å². The highest BCUT2D eigenvalue weighted by Gasteiger charge is 2.43. The molecule has 7 heteroatoms. The molecule has 1 aliphatic carbocycles. The molecule has 0 radical (unpaired) electrons. The molecule has 5 rings (SSSR count). The van der Waals surface area contributed by atoms with Crippen molar-refractivity contribution in [1.82, 2.24) is 14.9 Å². The van der Waals surface area contributed by atoms with Gasteiger partial charge in [0.25, 0.3) is 11.8 Å². The first-order chi connectivity index (χ1) is 14.1. The maximum absolute atomic E-state index is 13.0. The Morgan fingerprint density at radius 3 is 2.66 bits per heavy atom. The van der Waals surface area contributed by atoms with E-state index in [4.69, 9.17) is 5.73 Å². The van der Waals surface area contributed by atoms with Gasteiger partial charge >= 0.3 is 0 Å². The molecule has 4 heterocycles. The number of nitrogens with two attached hydrogens (primary N) is 1. The summed E-state index contributed by atoms with van der Waals surface area (Å²) in [6, 6.07) is 4.20. The van der Waals surface area contributed by atoms with E-state index >= 15 is 0 Å². The third-order valence-corrected chi connectivity index (χ3v) is 6.28. The highest BCUT2D eigenvalue weighted by atomic mass is 16.2. The van der Waals surface area contributed by atoms with Crippen molar-refractivity contribution < 1.29 is 9.59 Å². The van der Waals surface area contributed by atoms with Crippen LogP contribution in [0, 0.1) is 0 Å². The van der Waals surface area contributed by atoms with Crippen LogP contribution in [0.3, 0.4) is 0 Å². The predicted molar refractivity (Wildman–Crippen MR) is 109 cm³/mol. The van der Waals surface area contributed by atoms with Gasteiger partial charge in [-0.25, -0.2) is 0 Å². The van der Waals surface area contributed by atoms with Gasteiger partial charge in [-0.2, -0.15) is 0 Å². The van der Waals surface area contributed by atoms with Crippen LogP contribution in [-0.4, -0.2) is 44.8 Å². The quantitative estimate of drug-likeness (QED) is 0.836. The number of fused-ring (bicyclic) bond motifs is 3. The number of carbonyl (C=O) groups is 2. The van der Waals surface area contributed by atoms with Crippen molar-refractivity contribution in [3.05, 3.63) is 59.2 Å². The molecular formula is C22H23N5O2. The Labute approximate surface area is 169 Å². The van der Waals surface area contributed by atoms with Crippen molar-refractivity contribution in [2.45, 2.75) is 50.2 Å². The number of hydrogen-bond acceptors (Lipinski definition) is 5. The standard InChI is InChI=1S/C22H23N5O2/c23-21(28)18-12-25-19-5-1-4-17(19)20(18)26-14-9-15-6-7-16(10-14)27(15)22(29)13-3-2-8-24-11-13/h1-4,8,11-12,14-16H,5-7,9-10H2,(H2,23,28)(H,25,26)/t14?,15-,16+. The van der Waals surface area contributed by atoms with Crippen LogP contribution < -0.4 is 11.1 Å². The first-order valence-electron chi connectivity index (χ1n) is 10.1. The summed E-state index contributed by atoms with van der Waals surface area (Å²) in [7, 11) is 0. The molecule has 2 aliphatic heterocycles. The van der Waals surface area contributed by atoms with Gasteiger partial charge in [0, 0.05) is 48.7 Å². The van der Waals surface area contributed by atoms with Gasteiger partial charge in [0.15, 0.2) is 0 Å². The largest absolute Gasteiger partial charge is 0.381 e. The van der Waals surface area contributed by atoms with Crippen LogP contribution in [0.4, 0.5) is 5.69 Å². The molecule has 29 heavy (non-hydrogen) atoms. The molecule has 3 aliphatic rings. The first kappa shape index (κ1) is 17.8. The van der Waals surface area contributed by atoms with Crippen molar-refractivity contribution in [3.8, 4) is 0 Å². The van der Waals surface area contributed by atoms with E-state index in [9.17, 15) is 9.59 Å². The van der Waals surface area contributed by atoms with Gasteiger partial charge in [-0.05, 0) is 37.8 Å². The van der Waals surface area contributed by atoms with Crippen LogP contribution in [0.2, 0.25) is 0 Å². The maximum atomic E-state index is 13.0. The monoisotopic (exact) mass is 389 g/mol. The van der Waals surface area contributed by atoms with E-state index in [2.05, 4.69) is 15.3 Å². The molecule has 2 aromatic rings. The number of piperidine rings is 1. The summed E-state index contributed by atoms with van der Waals surface area (Å²) in [6.07, 6.45) is 13.4. The second-order valence-electron chi connectivity index (χ2n) is 8.03. The predicted octanol–water partition coefficient (Wildman–Crippen LogP) is 2.39. The van der Waals surface area contributed by atoms with Gasteiger partial charge in [0.05, 0.1) is 22.5 Å². The average molecular weight is 389 g/mol.